The highest BCUT2D eigenvalue weighted by atomic mass is 19.1. The summed E-state index contributed by atoms with van der Waals surface area (Å²) < 4.78 is 16.9. The maximum atomic E-state index is 14.8. The molecular weight excluding hydrogens is 447 g/mol. The third-order valence-electron chi connectivity index (χ3n) is 6.54. The Labute approximate surface area is 202 Å². The van der Waals surface area contributed by atoms with E-state index < -0.39 is 11.7 Å². The second-order valence-electron chi connectivity index (χ2n) is 8.86. The standard InChI is InChI=1S/C26H25FN6O2/c1-3-4-8-24(34)32-12-11-17-14-20(27)19(13-18(17)15-32)26(35)29-22-7-5-6-21(28-22)25-31-30-23-10-9-16(2)33(23)25/h1,3-7,13-14,16H,8-12,15H2,2H3,(H,28,29,35)/t16-/m1/s1. The molecule has 0 saturated heterocycles. The number of hydrogen-bond acceptors (Lipinski definition) is 5. The molecule has 2 aliphatic heterocycles. The summed E-state index contributed by atoms with van der Waals surface area (Å²) in [5.74, 6) is 0.583. The average Bonchev–Trinajstić information content (AvgIpc) is 3.45. The number of halogens is 1. The second-order valence-corrected chi connectivity index (χ2v) is 8.86. The zero-order valence-electron chi connectivity index (χ0n) is 19.4. The number of nitrogens with one attached hydrogen (secondary N) is 1. The molecule has 0 bridgehead atoms. The number of aromatic nitrogens is 4. The lowest BCUT2D eigenvalue weighted by molar-refractivity contribution is -0.131. The van der Waals surface area contributed by atoms with Gasteiger partial charge in [0.1, 0.15) is 23.2 Å². The van der Waals surface area contributed by atoms with Crippen LogP contribution in [0.2, 0.25) is 0 Å². The summed E-state index contributed by atoms with van der Waals surface area (Å²) in [6, 6.07) is 8.40. The van der Waals surface area contributed by atoms with Crippen molar-refractivity contribution in [2.24, 2.45) is 0 Å². The van der Waals surface area contributed by atoms with Gasteiger partial charge in [-0.25, -0.2) is 9.37 Å². The van der Waals surface area contributed by atoms with Gasteiger partial charge in [0.15, 0.2) is 5.82 Å². The Morgan fingerprint density at radius 2 is 2.09 bits per heavy atom. The monoisotopic (exact) mass is 472 g/mol. The van der Waals surface area contributed by atoms with Crippen molar-refractivity contribution in [1.29, 1.82) is 0 Å². The van der Waals surface area contributed by atoms with Crippen LogP contribution in [0.15, 0.2) is 36.4 Å². The first kappa shape index (κ1) is 22.9. The normalized spacial score (nSPS) is 16.5. The van der Waals surface area contributed by atoms with E-state index in [9.17, 15) is 14.0 Å². The SMILES string of the molecule is [CH]=C[CH]CC(=O)N1CCc2cc(F)c(C(=O)Nc3cccc(-c4nnc5n4[C@H](C)CC5)n3)cc2C1. The van der Waals surface area contributed by atoms with Gasteiger partial charge >= 0.3 is 0 Å². The minimum atomic E-state index is -0.607. The van der Waals surface area contributed by atoms with Crippen LogP contribution in [0.5, 0.6) is 0 Å². The van der Waals surface area contributed by atoms with Gasteiger partial charge < -0.3 is 14.8 Å². The van der Waals surface area contributed by atoms with Crippen LogP contribution < -0.4 is 5.32 Å². The minimum Gasteiger partial charge on any atom is -0.338 e. The lowest BCUT2D eigenvalue weighted by atomic mass is 9.96. The van der Waals surface area contributed by atoms with Crippen molar-refractivity contribution < 1.29 is 14.0 Å². The first-order valence-corrected chi connectivity index (χ1v) is 11.6. The first-order valence-electron chi connectivity index (χ1n) is 11.6. The molecular formula is C26H25FN6O2. The van der Waals surface area contributed by atoms with Gasteiger partial charge in [0.05, 0.1) is 5.56 Å². The molecule has 178 valence electrons. The van der Waals surface area contributed by atoms with Gasteiger partial charge in [0.2, 0.25) is 5.91 Å². The molecule has 2 amide bonds. The van der Waals surface area contributed by atoms with Crippen molar-refractivity contribution in [3.63, 3.8) is 0 Å². The fourth-order valence-corrected chi connectivity index (χ4v) is 4.68. The molecule has 1 N–H and O–H groups in total. The molecule has 0 aliphatic carbocycles. The molecule has 35 heavy (non-hydrogen) atoms. The van der Waals surface area contributed by atoms with Gasteiger partial charge in [0, 0.05) is 32.0 Å². The molecule has 3 aromatic rings. The van der Waals surface area contributed by atoms with Crippen LogP contribution in [0.25, 0.3) is 11.5 Å². The third-order valence-corrected chi connectivity index (χ3v) is 6.54. The Hall–Kier alpha value is -3.88. The van der Waals surface area contributed by atoms with Crippen molar-refractivity contribution in [3.8, 4) is 11.5 Å². The number of hydrogen-bond donors (Lipinski definition) is 1. The molecule has 2 aromatic heterocycles. The summed E-state index contributed by atoms with van der Waals surface area (Å²) in [5.41, 5.74) is 2.04. The molecule has 5 rings (SSSR count). The van der Waals surface area contributed by atoms with E-state index >= 15 is 0 Å². The van der Waals surface area contributed by atoms with Crippen molar-refractivity contribution in [2.45, 2.75) is 45.2 Å². The van der Waals surface area contributed by atoms with Gasteiger partial charge in [-0.1, -0.05) is 18.7 Å². The van der Waals surface area contributed by atoms with E-state index in [1.807, 2.05) is 6.07 Å². The summed E-state index contributed by atoms with van der Waals surface area (Å²) in [4.78, 5) is 31.6. The lowest BCUT2D eigenvalue weighted by Gasteiger charge is -2.29. The molecule has 0 saturated carbocycles. The molecule has 2 radical (unpaired) electrons. The maximum absolute atomic E-state index is 14.8. The van der Waals surface area contributed by atoms with Gasteiger partial charge in [-0.15, -0.1) is 10.2 Å². The van der Waals surface area contributed by atoms with Crippen LogP contribution in [-0.2, 0) is 24.2 Å². The summed E-state index contributed by atoms with van der Waals surface area (Å²) in [5, 5.41) is 11.2. The molecule has 0 spiro atoms. The molecule has 1 aromatic carbocycles. The van der Waals surface area contributed by atoms with Gasteiger partial charge in [-0.3, -0.25) is 9.59 Å². The zero-order valence-corrected chi connectivity index (χ0v) is 19.4. The summed E-state index contributed by atoms with van der Waals surface area (Å²) >= 11 is 0. The molecule has 2 aliphatic rings. The average molecular weight is 473 g/mol. The van der Waals surface area contributed by atoms with Crippen LogP contribution in [0.4, 0.5) is 10.2 Å². The topological polar surface area (TPSA) is 93.0 Å². The van der Waals surface area contributed by atoms with Crippen LogP contribution in [0.1, 0.15) is 53.1 Å². The Bertz CT molecular complexity index is 1320. The largest absolute Gasteiger partial charge is 0.338 e. The van der Waals surface area contributed by atoms with Gasteiger partial charge in [-0.05, 0) is 61.6 Å². The van der Waals surface area contributed by atoms with Gasteiger partial charge in [0.25, 0.3) is 5.91 Å². The lowest BCUT2D eigenvalue weighted by Crippen LogP contribution is -2.36. The van der Waals surface area contributed by atoms with Gasteiger partial charge in [-0.2, -0.15) is 0 Å². The minimum absolute atomic E-state index is 0.0667. The smallest absolute Gasteiger partial charge is 0.259 e. The number of pyridine rings is 1. The second kappa shape index (κ2) is 9.40. The summed E-state index contributed by atoms with van der Waals surface area (Å²) in [6.07, 6.45) is 5.53. The Kier molecular flexibility index (Phi) is 6.15. The number of allylic oxidation sites excluding steroid dienone is 1. The predicted octanol–water partition coefficient (Wildman–Crippen LogP) is 3.71. The highest BCUT2D eigenvalue weighted by Crippen LogP contribution is 2.30. The molecule has 0 unspecified atom stereocenters. The number of fused-ring (bicyclic) bond motifs is 2. The van der Waals surface area contributed by atoms with E-state index in [1.54, 1.807) is 23.5 Å². The number of benzene rings is 1. The van der Waals surface area contributed by atoms with Crippen molar-refractivity contribution in [1.82, 2.24) is 24.6 Å². The number of anilines is 1. The van der Waals surface area contributed by atoms with Crippen LogP contribution in [0, 0.1) is 18.8 Å². The molecule has 4 heterocycles. The van der Waals surface area contributed by atoms with E-state index in [1.165, 1.54) is 18.2 Å². The highest BCUT2D eigenvalue weighted by Gasteiger charge is 2.26. The Balaban J connectivity index is 1.35. The summed E-state index contributed by atoms with van der Waals surface area (Å²) in [6.45, 7) is 8.25. The third kappa shape index (κ3) is 4.45. The highest BCUT2D eigenvalue weighted by molar-refractivity contribution is 6.04. The molecule has 9 heteroatoms. The molecule has 1 atom stereocenters. The van der Waals surface area contributed by atoms with Crippen molar-refractivity contribution in [3.05, 3.63) is 77.7 Å². The quantitative estimate of drug-likeness (QED) is 0.591. The van der Waals surface area contributed by atoms with E-state index in [4.69, 9.17) is 6.58 Å². The van der Waals surface area contributed by atoms with E-state index in [0.29, 0.717) is 31.0 Å². The number of carbonyl (C=O) groups is 2. The first-order chi connectivity index (χ1) is 16.9. The molecule has 8 nitrogen and oxygen atoms in total. The summed E-state index contributed by atoms with van der Waals surface area (Å²) in [7, 11) is 0. The number of aryl methyl sites for hydroxylation is 1. The number of amides is 2. The number of nitrogens with zero attached hydrogens (tertiary/aromatic N) is 5. The van der Waals surface area contributed by atoms with E-state index in [2.05, 4.69) is 32.0 Å². The van der Waals surface area contributed by atoms with Crippen molar-refractivity contribution in [2.75, 3.05) is 11.9 Å². The fourth-order valence-electron chi connectivity index (χ4n) is 4.68. The Morgan fingerprint density at radius 3 is 2.91 bits per heavy atom. The van der Waals surface area contributed by atoms with Crippen LogP contribution in [-0.4, -0.2) is 43.0 Å². The Morgan fingerprint density at radius 1 is 1.23 bits per heavy atom. The number of carbonyl (C=O) groups excluding carboxylic acids is 2. The molecule has 0 fully saturated rings. The van der Waals surface area contributed by atoms with E-state index in [-0.39, 0.29) is 29.8 Å². The van der Waals surface area contributed by atoms with E-state index in [0.717, 1.165) is 29.8 Å². The zero-order chi connectivity index (χ0) is 24.5. The number of rotatable bonds is 6. The maximum Gasteiger partial charge on any atom is 0.259 e. The van der Waals surface area contributed by atoms with Crippen LogP contribution >= 0.6 is 0 Å². The fraction of sp³-hybridized carbons (Fsp3) is 0.308. The van der Waals surface area contributed by atoms with Crippen molar-refractivity contribution >= 4 is 17.6 Å². The predicted molar refractivity (Wildman–Crippen MR) is 128 cm³/mol. The van der Waals surface area contributed by atoms with Crippen LogP contribution in [0.3, 0.4) is 0 Å².